The minimum atomic E-state index is -3.72. The van der Waals surface area contributed by atoms with Crippen molar-refractivity contribution in [2.75, 3.05) is 16.6 Å². The van der Waals surface area contributed by atoms with Crippen molar-refractivity contribution in [3.05, 3.63) is 141 Å². The summed E-state index contributed by atoms with van der Waals surface area (Å²) in [6.45, 7) is 1.28. The molecule has 6 aromatic heterocycles. The van der Waals surface area contributed by atoms with Gasteiger partial charge in [-0.05, 0) is 54.3 Å². The second kappa shape index (κ2) is 16.7. The Morgan fingerprint density at radius 3 is 2.51 bits per heavy atom. The Hall–Kier alpha value is -6.98. The number of rotatable bonds is 11. The van der Waals surface area contributed by atoms with Gasteiger partial charge in [-0.25, -0.2) is 23.4 Å². The number of azo groups is 1. The first-order valence-corrected chi connectivity index (χ1v) is 24.0. The van der Waals surface area contributed by atoms with Crippen molar-refractivity contribution < 1.29 is 18.0 Å². The molecule has 0 unspecified atom stereocenters. The van der Waals surface area contributed by atoms with E-state index in [2.05, 4.69) is 40.4 Å². The number of anilines is 2. The fourth-order valence-corrected chi connectivity index (χ4v) is 11.0. The summed E-state index contributed by atoms with van der Waals surface area (Å²) in [4.78, 5) is 56.0. The number of aromatic amines is 1. The predicted molar refractivity (Wildman–Crippen MR) is 244 cm³/mol. The summed E-state index contributed by atoms with van der Waals surface area (Å²) in [5.41, 5.74) is 4.73. The Kier molecular flexibility index (Phi) is 10.6. The molecule has 0 fully saturated rings. The summed E-state index contributed by atoms with van der Waals surface area (Å²) >= 11 is 4.93. The van der Waals surface area contributed by atoms with Crippen LogP contribution in [0.1, 0.15) is 33.0 Å². The van der Waals surface area contributed by atoms with Crippen LogP contribution in [-0.2, 0) is 23.1 Å². The van der Waals surface area contributed by atoms with Crippen LogP contribution in [0.5, 0.6) is 0 Å². The third-order valence-electron chi connectivity index (χ3n) is 9.85. The number of thiophene rings is 1. The molecule has 0 aliphatic carbocycles. The van der Waals surface area contributed by atoms with Crippen LogP contribution in [0.25, 0.3) is 37.9 Å². The van der Waals surface area contributed by atoms with Gasteiger partial charge in [-0.3, -0.25) is 34.2 Å². The monoisotopic (exact) mass is 930 g/mol. The quantitative estimate of drug-likeness (QED) is 0.106. The lowest BCUT2D eigenvalue weighted by atomic mass is 10.1. The number of thiazole rings is 3. The van der Waals surface area contributed by atoms with Gasteiger partial charge in [-0.2, -0.15) is 9.78 Å². The summed E-state index contributed by atoms with van der Waals surface area (Å²) < 4.78 is 32.0. The number of aromatic nitrogens is 7. The van der Waals surface area contributed by atoms with Crippen LogP contribution in [0.2, 0.25) is 0 Å². The number of carbonyl (C=O) groups is 2. The van der Waals surface area contributed by atoms with E-state index in [0.29, 0.717) is 73.5 Å². The maximum atomic E-state index is 13.8. The molecule has 17 nitrogen and oxygen atoms in total. The van der Waals surface area contributed by atoms with Crippen LogP contribution >= 0.6 is 45.3 Å². The third kappa shape index (κ3) is 8.24. The van der Waals surface area contributed by atoms with E-state index in [1.165, 1.54) is 44.8 Å². The number of aryl methyl sites for hydroxylation is 1. The Balaban J connectivity index is 0.811. The minimum absolute atomic E-state index is 0.133. The molecule has 2 amide bonds. The number of hydrogen-bond donors (Lipinski definition) is 3. The molecule has 3 N–H and O–H groups in total. The normalized spacial score (nSPS) is 13.0. The SMILES string of the molecule is O=C(Nc1nc2ccc(NS(=O)(=O)c3cccs3)cc2s1)c1cc2n(n1)CCCN(C(=O)c1ccc(-c3csc(-n4[nH]c(-c5ccccc5)c(N=Nc5nccs5)c4=O)n3)cc1)C2. The van der Waals surface area contributed by atoms with Gasteiger partial charge in [0.25, 0.3) is 21.8 Å². The average molecular weight is 931 g/mol. The molecule has 0 atom stereocenters. The number of nitrogens with zero attached hydrogens (tertiary/aromatic N) is 9. The van der Waals surface area contributed by atoms with Gasteiger partial charge in [0.1, 0.15) is 4.21 Å². The Bertz CT molecular complexity index is 3330. The molecule has 314 valence electrons. The largest absolute Gasteiger partial charge is 0.333 e. The van der Waals surface area contributed by atoms with Gasteiger partial charge in [-0.1, -0.05) is 59.9 Å². The maximum absolute atomic E-state index is 13.8. The lowest BCUT2D eigenvalue weighted by molar-refractivity contribution is 0.0745. The number of amides is 2. The fraction of sp³-hybridized carbons (Fsp3) is 0.0976. The molecule has 22 heteroatoms. The number of hydrogen-bond acceptors (Lipinski definition) is 15. The van der Waals surface area contributed by atoms with Crippen LogP contribution in [0.3, 0.4) is 0 Å². The second-order valence-corrected chi connectivity index (χ2v) is 19.6. The topological polar surface area (TPSA) is 215 Å². The average Bonchev–Trinajstić information content (AvgIpc) is 4.16. The third-order valence-corrected chi connectivity index (χ3v) is 15.0. The standard InChI is InChI=1S/C41H30N12O5S5/c54-36(45-40-43-29-14-13-27(20-32(29)62-40)50-63(57,58)33-8-4-18-59-33)30-21-28-22-51(16-5-17-52(28)48-30)37(55)26-11-9-24(10-12-26)31-23-61-41(44-31)53-38(56)35(46-47-39-42-15-19-60-39)34(49-53)25-6-2-1-3-7-25/h1-4,6-15,18-21,23,49-50H,5,16-17,22H2,(H,43,45,54). The first-order chi connectivity index (χ1) is 30.6. The number of carbonyl (C=O) groups excluding carboxylic acids is 2. The lowest BCUT2D eigenvalue weighted by Crippen LogP contribution is -2.30. The lowest BCUT2D eigenvalue weighted by Gasteiger charge is -2.20. The Labute approximate surface area is 373 Å². The van der Waals surface area contributed by atoms with E-state index in [-0.39, 0.29) is 28.0 Å². The van der Waals surface area contributed by atoms with Crippen LogP contribution in [0.4, 0.5) is 21.6 Å². The molecular weight excluding hydrogens is 901 g/mol. The molecule has 0 saturated heterocycles. The molecule has 9 aromatic rings. The highest BCUT2D eigenvalue weighted by molar-refractivity contribution is 7.94. The first-order valence-electron chi connectivity index (χ1n) is 19.1. The summed E-state index contributed by atoms with van der Waals surface area (Å²) in [6, 6.07) is 26.4. The molecule has 1 aliphatic rings. The summed E-state index contributed by atoms with van der Waals surface area (Å²) in [6.07, 6.45) is 2.25. The highest BCUT2D eigenvalue weighted by atomic mass is 32.2. The molecule has 7 heterocycles. The van der Waals surface area contributed by atoms with Crippen molar-refractivity contribution in [1.82, 2.24) is 39.4 Å². The van der Waals surface area contributed by atoms with E-state index in [0.717, 1.165) is 22.5 Å². The summed E-state index contributed by atoms with van der Waals surface area (Å²) in [5, 5.41) is 25.5. The number of fused-ring (bicyclic) bond motifs is 2. The van der Waals surface area contributed by atoms with E-state index in [9.17, 15) is 22.8 Å². The zero-order valence-electron chi connectivity index (χ0n) is 32.4. The fourth-order valence-electron chi connectivity index (χ4n) is 6.86. The van der Waals surface area contributed by atoms with E-state index in [1.807, 2.05) is 47.8 Å². The van der Waals surface area contributed by atoms with Crippen molar-refractivity contribution in [3.63, 3.8) is 0 Å². The van der Waals surface area contributed by atoms with Crippen LogP contribution in [0.15, 0.2) is 133 Å². The zero-order chi connectivity index (χ0) is 43.1. The molecule has 0 bridgehead atoms. The molecule has 0 spiro atoms. The van der Waals surface area contributed by atoms with Gasteiger partial charge >= 0.3 is 5.56 Å². The minimum Gasteiger partial charge on any atom is -0.333 e. The van der Waals surface area contributed by atoms with Gasteiger partial charge in [0, 0.05) is 46.7 Å². The van der Waals surface area contributed by atoms with Crippen LogP contribution in [-0.4, -0.2) is 66.2 Å². The molecular formula is C41H30N12O5S5. The van der Waals surface area contributed by atoms with Crippen molar-refractivity contribution in [1.29, 1.82) is 0 Å². The Morgan fingerprint density at radius 1 is 0.857 bits per heavy atom. The molecule has 10 rings (SSSR count). The smallest absolute Gasteiger partial charge is 0.301 e. The van der Waals surface area contributed by atoms with Gasteiger partial charge in [0.2, 0.25) is 10.3 Å². The van der Waals surface area contributed by atoms with Gasteiger partial charge < -0.3 is 4.90 Å². The number of H-pyrrole nitrogens is 1. The van der Waals surface area contributed by atoms with Gasteiger partial charge in [0.05, 0.1) is 39.5 Å². The molecule has 63 heavy (non-hydrogen) atoms. The highest BCUT2D eigenvalue weighted by Gasteiger charge is 2.25. The molecule has 3 aromatic carbocycles. The van der Waals surface area contributed by atoms with Crippen LogP contribution < -0.4 is 15.6 Å². The van der Waals surface area contributed by atoms with Crippen molar-refractivity contribution in [2.45, 2.75) is 23.7 Å². The van der Waals surface area contributed by atoms with Crippen molar-refractivity contribution in [3.8, 4) is 27.6 Å². The first kappa shape index (κ1) is 40.1. The molecule has 1 aliphatic heterocycles. The maximum Gasteiger partial charge on any atom is 0.301 e. The number of benzene rings is 3. The van der Waals surface area contributed by atoms with Crippen molar-refractivity contribution in [2.24, 2.45) is 10.2 Å². The summed E-state index contributed by atoms with van der Waals surface area (Å²) in [7, 11) is -3.72. The van der Waals surface area contributed by atoms with E-state index < -0.39 is 21.5 Å². The number of nitrogens with one attached hydrogen (secondary N) is 3. The highest BCUT2D eigenvalue weighted by Crippen LogP contribution is 2.32. The molecule has 0 saturated carbocycles. The number of sulfonamides is 1. The Morgan fingerprint density at radius 2 is 1.71 bits per heavy atom. The predicted octanol–water partition coefficient (Wildman–Crippen LogP) is 8.79. The molecule has 0 radical (unpaired) electrons. The zero-order valence-corrected chi connectivity index (χ0v) is 36.5. The van der Waals surface area contributed by atoms with Crippen LogP contribution in [0, 0.1) is 0 Å². The van der Waals surface area contributed by atoms with E-state index in [1.54, 1.807) is 69.0 Å². The van der Waals surface area contributed by atoms with Gasteiger partial charge in [-0.15, -0.1) is 44.2 Å². The summed E-state index contributed by atoms with van der Waals surface area (Å²) in [5.74, 6) is -0.624. The van der Waals surface area contributed by atoms with E-state index >= 15 is 0 Å². The second-order valence-electron chi connectivity index (χ2n) is 14.0. The van der Waals surface area contributed by atoms with Crippen molar-refractivity contribution >= 4 is 99.0 Å². The van der Waals surface area contributed by atoms with Gasteiger partial charge in [0.15, 0.2) is 16.5 Å². The van der Waals surface area contributed by atoms with E-state index in [4.69, 9.17) is 4.98 Å².